The van der Waals surface area contributed by atoms with Crippen LogP contribution in [0.4, 0.5) is 5.69 Å². The van der Waals surface area contributed by atoms with Crippen molar-refractivity contribution in [2.24, 2.45) is 0 Å². The van der Waals surface area contributed by atoms with Crippen LogP contribution in [0.1, 0.15) is 12.7 Å². The Kier molecular flexibility index (Phi) is 7.36. The summed E-state index contributed by atoms with van der Waals surface area (Å²) in [6.07, 6.45) is 3.42. The van der Waals surface area contributed by atoms with Gasteiger partial charge >= 0.3 is 0 Å². The van der Waals surface area contributed by atoms with Crippen molar-refractivity contribution in [2.75, 3.05) is 5.32 Å². The average molecular weight is 477 g/mol. The van der Waals surface area contributed by atoms with Crippen LogP contribution in [0.5, 0.6) is 0 Å². The Morgan fingerprint density at radius 2 is 1.91 bits per heavy atom. The zero-order valence-corrected chi connectivity index (χ0v) is 20.0. The maximum absolute atomic E-state index is 13.0. The molecule has 2 heterocycles. The Balaban J connectivity index is 1.50. The van der Waals surface area contributed by atoms with Gasteiger partial charge in [-0.05, 0) is 44.2 Å². The number of aryl methyl sites for hydroxylation is 1. The molecule has 0 saturated carbocycles. The summed E-state index contributed by atoms with van der Waals surface area (Å²) in [6.45, 7) is 8.12. The number of nitrogens with one attached hydrogen (secondary N) is 1. The van der Waals surface area contributed by atoms with Gasteiger partial charge in [-0.3, -0.25) is 9.36 Å². The SMILES string of the molecule is C=CCn1c(SC(C)C(=O)Nc2ccccc2Sc2ccccc2)nnc1-c1ccoc1C. The van der Waals surface area contributed by atoms with Crippen LogP contribution in [-0.4, -0.2) is 25.9 Å². The van der Waals surface area contributed by atoms with E-state index in [2.05, 4.69) is 22.1 Å². The Labute approximate surface area is 201 Å². The highest BCUT2D eigenvalue weighted by molar-refractivity contribution is 8.00. The standard InChI is InChI=1S/C25H24N4O2S2/c1-4-15-29-23(20-14-16-31-17(20)2)27-28-25(29)32-18(3)24(30)26-21-12-8-9-13-22(21)33-19-10-6-5-7-11-19/h4-14,16,18H,1,15H2,2-3H3,(H,26,30). The highest BCUT2D eigenvalue weighted by Gasteiger charge is 2.22. The highest BCUT2D eigenvalue weighted by atomic mass is 32.2. The molecule has 6 nitrogen and oxygen atoms in total. The first-order valence-corrected chi connectivity index (χ1v) is 12.1. The molecule has 0 bridgehead atoms. The van der Waals surface area contributed by atoms with Gasteiger partial charge in [0.2, 0.25) is 5.91 Å². The number of allylic oxidation sites excluding steroid dienone is 1. The number of benzene rings is 2. The van der Waals surface area contributed by atoms with E-state index in [4.69, 9.17) is 4.42 Å². The first-order valence-electron chi connectivity index (χ1n) is 10.4. The highest BCUT2D eigenvalue weighted by Crippen LogP contribution is 2.34. The van der Waals surface area contributed by atoms with Gasteiger partial charge < -0.3 is 9.73 Å². The first kappa shape index (κ1) is 22.9. The molecule has 0 aliphatic carbocycles. The van der Waals surface area contributed by atoms with E-state index in [9.17, 15) is 4.79 Å². The van der Waals surface area contributed by atoms with Crippen molar-refractivity contribution in [1.82, 2.24) is 14.8 Å². The van der Waals surface area contributed by atoms with Crippen LogP contribution >= 0.6 is 23.5 Å². The maximum atomic E-state index is 13.0. The van der Waals surface area contributed by atoms with E-state index < -0.39 is 0 Å². The minimum atomic E-state index is -0.383. The van der Waals surface area contributed by atoms with Crippen LogP contribution in [0.3, 0.4) is 0 Å². The van der Waals surface area contributed by atoms with Gasteiger partial charge in [-0.25, -0.2) is 0 Å². The number of anilines is 1. The Hall–Kier alpha value is -3.23. The van der Waals surface area contributed by atoms with Gasteiger partial charge in [0.1, 0.15) is 5.76 Å². The third-order valence-corrected chi connectivity index (χ3v) is 7.06. The Morgan fingerprint density at radius 1 is 1.15 bits per heavy atom. The summed E-state index contributed by atoms with van der Waals surface area (Å²) >= 11 is 2.98. The quantitative estimate of drug-likeness (QED) is 0.226. The van der Waals surface area contributed by atoms with Gasteiger partial charge in [0, 0.05) is 16.3 Å². The second-order valence-corrected chi connectivity index (χ2v) is 9.68. The Morgan fingerprint density at radius 3 is 2.64 bits per heavy atom. The van der Waals surface area contributed by atoms with Gasteiger partial charge in [0.05, 0.1) is 22.8 Å². The number of hydrogen-bond donors (Lipinski definition) is 1. The fourth-order valence-corrected chi connectivity index (χ4v) is 4.99. The lowest BCUT2D eigenvalue weighted by molar-refractivity contribution is -0.115. The van der Waals surface area contributed by atoms with E-state index in [0.29, 0.717) is 17.5 Å². The number of para-hydroxylation sites is 1. The molecular weight excluding hydrogens is 452 g/mol. The number of carbonyl (C=O) groups is 1. The summed E-state index contributed by atoms with van der Waals surface area (Å²) < 4.78 is 7.36. The topological polar surface area (TPSA) is 73.0 Å². The van der Waals surface area contributed by atoms with E-state index in [0.717, 1.165) is 26.8 Å². The van der Waals surface area contributed by atoms with Crippen molar-refractivity contribution in [1.29, 1.82) is 0 Å². The summed E-state index contributed by atoms with van der Waals surface area (Å²) in [6, 6.07) is 19.8. The summed E-state index contributed by atoms with van der Waals surface area (Å²) in [4.78, 5) is 15.1. The Bertz CT molecular complexity index is 1250. The number of nitrogens with zero attached hydrogens (tertiary/aromatic N) is 3. The van der Waals surface area contributed by atoms with Crippen LogP contribution in [0, 0.1) is 6.92 Å². The van der Waals surface area contributed by atoms with E-state index in [1.165, 1.54) is 11.8 Å². The third kappa shape index (κ3) is 5.40. The molecule has 0 radical (unpaired) electrons. The molecule has 0 aliphatic heterocycles. The minimum Gasteiger partial charge on any atom is -0.469 e. The predicted molar refractivity (Wildman–Crippen MR) is 134 cm³/mol. The lowest BCUT2D eigenvalue weighted by atomic mass is 10.2. The molecule has 168 valence electrons. The van der Waals surface area contributed by atoms with Crippen LogP contribution in [0.25, 0.3) is 11.4 Å². The number of aromatic nitrogens is 3. The number of amides is 1. The molecule has 0 spiro atoms. The molecular formula is C25H24N4O2S2. The fraction of sp³-hybridized carbons (Fsp3) is 0.160. The van der Waals surface area contributed by atoms with Crippen LogP contribution in [0.2, 0.25) is 0 Å². The van der Waals surface area contributed by atoms with Crippen molar-refractivity contribution >= 4 is 35.1 Å². The predicted octanol–water partition coefficient (Wildman–Crippen LogP) is 6.30. The monoisotopic (exact) mass is 476 g/mol. The molecule has 1 unspecified atom stereocenters. The summed E-state index contributed by atoms with van der Waals surface area (Å²) in [5.41, 5.74) is 1.66. The molecule has 0 aliphatic rings. The molecule has 8 heteroatoms. The van der Waals surface area contributed by atoms with Crippen molar-refractivity contribution in [3.63, 3.8) is 0 Å². The van der Waals surface area contributed by atoms with Crippen molar-refractivity contribution < 1.29 is 9.21 Å². The molecule has 2 aromatic carbocycles. The smallest absolute Gasteiger partial charge is 0.237 e. The molecule has 0 saturated heterocycles. The van der Waals surface area contributed by atoms with Gasteiger partial charge in [-0.15, -0.1) is 16.8 Å². The molecule has 0 fully saturated rings. The van der Waals surface area contributed by atoms with E-state index >= 15 is 0 Å². The lowest BCUT2D eigenvalue weighted by Gasteiger charge is -2.15. The summed E-state index contributed by atoms with van der Waals surface area (Å²) in [5, 5.41) is 12.0. The zero-order valence-electron chi connectivity index (χ0n) is 18.4. The average Bonchev–Trinajstić information content (AvgIpc) is 3.41. The maximum Gasteiger partial charge on any atom is 0.237 e. The van der Waals surface area contributed by atoms with Crippen molar-refractivity contribution in [2.45, 2.75) is 40.6 Å². The van der Waals surface area contributed by atoms with E-state index in [1.54, 1.807) is 24.1 Å². The largest absolute Gasteiger partial charge is 0.469 e. The fourth-order valence-electron chi connectivity index (χ4n) is 3.21. The number of rotatable bonds is 9. The van der Waals surface area contributed by atoms with E-state index in [-0.39, 0.29) is 11.2 Å². The number of hydrogen-bond acceptors (Lipinski definition) is 6. The lowest BCUT2D eigenvalue weighted by Crippen LogP contribution is -2.23. The normalized spacial score (nSPS) is 11.8. The molecule has 4 rings (SSSR count). The van der Waals surface area contributed by atoms with Crippen molar-refractivity contribution in [3.05, 3.63) is 85.3 Å². The number of furan rings is 1. The van der Waals surface area contributed by atoms with Gasteiger partial charge in [-0.1, -0.05) is 59.9 Å². The number of carbonyl (C=O) groups excluding carboxylic acids is 1. The van der Waals surface area contributed by atoms with Crippen LogP contribution in [0.15, 0.2) is 98.9 Å². The van der Waals surface area contributed by atoms with Crippen LogP contribution < -0.4 is 5.32 Å². The molecule has 33 heavy (non-hydrogen) atoms. The molecule has 1 amide bonds. The van der Waals surface area contributed by atoms with Gasteiger partial charge in [0.15, 0.2) is 11.0 Å². The first-order chi connectivity index (χ1) is 16.1. The van der Waals surface area contributed by atoms with Crippen molar-refractivity contribution in [3.8, 4) is 11.4 Å². The molecule has 1 atom stereocenters. The van der Waals surface area contributed by atoms with Gasteiger partial charge in [-0.2, -0.15) is 0 Å². The molecule has 4 aromatic rings. The van der Waals surface area contributed by atoms with Crippen LogP contribution in [-0.2, 0) is 11.3 Å². The molecule has 2 aromatic heterocycles. The van der Waals surface area contributed by atoms with E-state index in [1.807, 2.05) is 79.1 Å². The third-order valence-electron chi connectivity index (χ3n) is 4.90. The second-order valence-electron chi connectivity index (χ2n) is 7.26. The summed E-state index contributed by atoms with van der Waals surface area (Å²) in [7, 11) is 0. The summed E-state index contributed by atoms with van der Waals surface area (Å²) in [5.74, 6) is 1.36. The number of thioether (sulfide) groups is 1. The second kappa shape index (κ2) is 10.6. The minimum absolute atomic E-state index is 0.102. The molecule has 1 N–H and O–H groups in total. The zero-order chi connectivity index (χ0) is 23.2. The van der Waals surface area contributed by atoms with Gasteiger partial charge in [0.25, 0.3) is 0 Å².